The lowest BCUT2D eigenvalue weighted by molar-refractivity contribution is -0.170. The highest BCUT2D eigenvalue weighted by Crippen LogP contribution is 2.67. The van der Waals surface area contributed by atoms with Crippen LogP contribution < -0.4 is 0 Å². The highest BCUT2D eigenvalue weighted by Gasteiger charge is 2.65. The Labute approximate surface area is 371 Å². The van der Waals surface area contributed by atoms with Crippen molar-refractivity contribution in [2.45, 2.75) is 259 Å². The molecule has 10 fully saturated rings. The predicted octanol–water partition coefficient (Wildman–Crippen LogP) is 16.7. The van der Waals surface area contributed by atoms with Gasteiger partial charge in [0.15, 0.2) is 0 Å². The van der Waals surface area contributed by atoms with Gasteiger partial charge in [-0.3, -0.25) is 9.59 Å². The second-order valence-corrected chi connectivity index (χ2v) is 25.9. The molecule has 0 aromatic carbocycles. The van der Waals surface area contributed by atoms with Crippen LogP contribution in [0.4, 0.5) is 0 Å². The minimum atomic E-state index is 0.142. The largest absolute Gasteiger partial charge is 0.298 e. The SMILES string of the molecule is CC1CCC([C@H]2CC[C@]3(CC2)C[C@@]2(CC[C@H]([C@H]4CC[C@H](C)CC4)CC2)C3=O)CC1.CCC1CCC(C2CCC3(CC2)CC2(CCC(C4CCC(CC)CC4)CC2)C3=O)CC1. The van der Waals surface area contributed by atoms with Crippen LogP contribution in [0.3, 0.4) is 0 Å². The van der Waals surface area contributed by atoms with Crippen LogP contribution in [-0.4, -0.2) is 11.6 Å². The minimum absolute atomic E-state index is 0.142. The molecule has 60 heavy (non-hydrogen) atoms. The second kappa shape index (κ2) is 18.7. The van der Waals surface area contributed by atoms with E-state index in [0.29, 0.717) is 0 Å². The van der Waals surface area contributed by atoms with Crippen molar-refractivity contribution in [3.05, 3.63) is 0 Å². The number of carbonyl (C=O) groups is 2. The van der Waals surface area contributed by atoms with Gasteiger partial charge in [0.1, 0.15) is 11.6 Å². The maximum absolute atomic E-state index is 13.6. The summed E-state index contributed by atoms with van der Waals surface area (Å²) in [4.78, 5) is 27.2. The number of Topliss-reactive ketones (excluding diaryl/α,β-unsaturated/α-hetero) is 2. The van der Waals surface area contributed by atoms with Gasteiger partial charge in [-0.05, 0) is 238 Å². The molecule has 0 aromatic rings. The van der Waals surface area contributed by atoms with Crippen LogP contribution in [0.15, 0.2) is 0 Å². The van der Waals surface area contributed by atoms with Crippen molar-refractivity contribution in [1.82, 2.24) is 0 Å². The highest BCUT2D eigenvalue weighted by molar-refractivity contribution is 5.97. The quantitative estimate of drug-likeness (QED) is 0.267. The molecule has 10 saturated carbocycles. The summed E-state index contributed by atoms with van der Waals surface area (Å²) in [7, 11) is 0. The van der Waals surface area contributed by atoms with E-state index < -0.39 is 0 Å². The summed E-state index contributed by atoms with van der Waals surface area (Å²) in [6.07, 6.45) is 49.8. The molecule has 2 nitrogen and oxygen atoms in total. The van der Waals surface area contributed by atoms with Crippen LogP contribution in [0, 0.1) is 92.7 Å². The van der Waals surface area contributed by atoms with Gasteiger partial charge in [-0.15, -0.1) is 0 Å². The first kappa shape index (κ1) is 44.5. The molecule has 10 rings (SSSR count). The lowest BCUT2D eigenvalue weighted by atomic mass is 9.42. The number of ketones is 2. The smallest absolute Gasteiger partial charge is 0.145 e. The lowest BCUT2D eigenvalue weighted by Crippen LogP contribution is -2.60. The van der Waals surface area contributed by atoms with Gasteiger partial charge in [0, 0.05) is 21.7 Å². The Bertz CT molecular complexity index is 1290. The maximum atomic E-state index is 13.6. The summed E-state index contributed by atoms with van der Waals surface area (Å²) in [6, 6.07) is 0. The van der Waals surface area contributed by atoms with Crippen molar-refractivity contribution >= 4 is 11.6 Å². The molecule has 0 aliphatic heterocycles. The Hall–Kier alpha value is -0.660. The zero-order valence-electron chi connectivity index (χ0n) is 40.2. The van der Waals surface area contributed by atoms with Crippen molar-refractivity contribution in [2.75, 3.05) is 0 Å². The van der Waals surface area contributed by atoms with Gasteiger partial charge in [0.25, 0.3) is 0 Å². The topological polar surface area (TPSA) is 34.1 Å². The Balaban J connectivity index is 0.000000154. The Morgan fingerprint density at radius 2 is 0.517 bits per heavy atom. The number of carbonyl (C=O) groups excluding carboxylic acids is 2. The molecule has 0 N–H and O–H groups in total. The van der Waals surface area contributed by atoms with Gasteiger partial charge in [-0.1, -0.05) is 91.9 Å². The van der Waals surface area contributed by atoms with Crippen molar-refractivity contribution in [3.8, 4) is 0 Å². The molecule has 4 spiro atoms. The molecular weight excluding hydrogens is 729 g/mol. The first-order valence-electron chi connectivity index (χ1n) is 28.2. The van der Waals surface area contributed by atoms with E-state index in [1.54, 1.807) is 0 Å². The third-order valence-electron chi connectivity index (χ3n) is 23.0. The van der Waals surface area contributed by atoms with Crippen molar-refractivity contribution in [3.63, 3.8) is 0 Å². The minimum Gasteiger partial charge on any atom is -0.298 e. The van der Waals surface area contributed by atoms with Gasteiger partial charge < -0.3 is 0 Å². The van der Waals surface area contributed by atoms with E-state index in [0.717, 1.165) is 82.6 Å². The van der Waals surface area contributed by atoms with Crippen LogP contribution in [0.1, 0.15) is 259 Å². The molecule has 0 unspecified atom stereocenters. The summed E-state index contributed by atoms with van der Waals surface area (Å²) in [6.45, 7) is 9.61. The van der Waals surface area contributed by atoms with Gasteiger partial charge in [-0.2, -0.15) is 0 Å². The zero-order valence-corrected chi connectivity index (χ0v) is 40.2. The molecule has 0 saturated heterocycles. The van der Waals surface area contributed by atoms with Crippen LogP contribution in [0.25, 0.3) is 0 Å². The van der Waals surface area contributed by atoms with Crippen LogP contribution in [0.2, 0.25) is 0 Å². The third kappa shape index (κ3) is 8.86. The van der Waals surface area contributed by atoms with Gasteiger partial charge >= 0.3 is 0 Å². The fourth-order valence-electron chi connectivity index (χ4n) is 18.5. The maximum Gasteiger partial charge on any atom is 0.145 e. The summed E-state index contributed by atoms with van der Waals surface area (Å²) >= 11 is 0. The van der Waals surface area contributed by atoms with Crippen LogP contribution in [-0.2, 0) is 9.59 Å². The van der Waals surface area contributed by atoms with E-state index in [1.165, 1.54) is 231 Å². The molecule has 0 bridgehead atoms. The first-order chi connectivity index (χ1) is 29.1. The molecule has 2 heteroatoms. The molecule has 10 aliphatic rings. The summed E-state index contributed by atoms with van der Waals surface area (Å²) in [5.74, 6) is 13.2. The lowest BCUT2D eigenvalue weighted by Gasteiger charge is -2.60. The predicted molar refractivity (Wildman–Crippen MR) is 251 cm³/mol. The average Bonchev–Trinajstić information content (AvgIpc) is 3.30. The normalized spacial score (nSPS) is 49.9. The van der Waals surface area contributed by atoms with E-state index in [1.807, 2.05) is 0 Å². The van der Waals surface area contributed by atoms with E-state index in [9.17, 15) is 9.59 Å². The van der Waals surface area contributed by atoms with Gasteiger partial charge in [0.05, 0.1) is 0 Å². The van der Waals surface area contributed by atoms with Crippen molar-refractivity contribution in [1.29, 1.82) is 0 Å². The third-order valence-corrected chi connectivity index (χ3v) is 23.0. The Morgan fingerprint density at radius 1 is 0.317 bits per heavy atom. The Morgan fingerprint density at radius 3 is 0.717 bits per heavy atom. The molecular formula is C58H96O2. The van der Waals surface area contributed by atoms with E-state index in [2.05, 4.69) is 27.7 Å². The van der Waals surface area contributed by atoms with Crippen LogP contribution >= 0.6 is 0 Å². The molecule has 0 radical (unpaired) electrons. The summed E-state index contributed by atoms with van der Waals surface area (Å²) in [5, 5.41) is 0. The Kier molecular flexibility index (Phi) is 13.9. The standard InChI is InChI=1S/C30H50O.C28H46O/c1-3-22-5-9-24(10-6-22)26-13-17-29(18-14-26)21-30(28(29)31)19-15-27(16-20-30)25-11-7-23(4-2)8-12-25;1-20-3-7-22(8-4-20)24-11-15-27(16-12-24)19-28(26(27)29)17-13-25(14-18-28)23-9-5-21(2)6-10-23/h22-27H,3-21H2,1-2H3;20-25H,3-19H2,1-2H3/t;20-,21?,22-,23?,24-,25-,27-,28-. The second-order valence-electron chi connectivity index (χ2n) is 25.9. The number of hydrogen-bond acceptors (Lipinski definition) is 2. The van der Waals surface area contributed by atoms with Gasteiger partial charge in [0.2, 0.25) is 0 Å². The fraction of sp³-hybridized carbons (Fsp3) is 0.966. The summed E-state index contributed by atoms with van der Waals surface area (Å²) < 4.78 is 0. The van der Waals surface area contributed by atoms with Crippen molar-refractivity contribution < 1.29 is 9.59 Å². The molecule has 0 aromatic heterocycles. The number of rotatable bonds is 6. The fourth-order valence-corrected chi connectivity index (χ4v) is 18.5. The van der Waals surface area contributed by atoms with E-state index in [4.69, 9.17) is 0 Å². The molecule has 0 amide bonds. The zero-order chi connectivity index (χ0) is 41.5. The summed E-state index contributed by atoms with van der Waals surface area (Å²) in [5.41, 5.74) is 0.573. The molecule has 0 heterocycles. The average molecular weight is 825 g/mol. The monoisotopic (exact) mass is 825 g/mol. The van der Waals surface area contributed by atoms with E-state index in [-0.39, 0.29) is 21.7 Å². The number of hydrogen-bond donors (Lipinski definition) is 0. The molecule has 0 atom stereocenters. The first-order valence-corrected chi connectivity index (χ1v) is 28.2. The molecule has 10 aliphatic carbocycles. The van der Waals surface area contributed by atoms with E-state index >= 15 is 0 Å². The van der Waals surface area contributed by atoms with Crippen molar-refractivity contribution in [2.24, 2.45) is 92.7 Å². The highest BCUT2D eigenvalue weighted by atomic mass is 16.1. The van der Waals surface area contributed by atoms with Crippen LogP contribution in [0.5, 0.6) is 0 Å². The molecule has 340 valence electrons. The van der Waals surface area contributed by atoms with Gasteiger partial charge in [-0.25, -0.2) is 0 Å².